The zero-order valence-corrected chi connectivity index (χ0v) is 10.0. The van der Waals surface area contributed by atoms with Gasteiger partial charge in [-0.2, -0.15) is 0 Å². The van der Waals surface area contributed by atoms with Crippen LogP contribution in [0.5, 0.6) is 5.75 Å². The van der Waals surface area contributed by atoms with Gasteiger partial charge in [0.2, 0.25) is 0 Å². The van der Waals surface area contributed by atoms with Gasteiger partial charge < -0.3 is 9.84 Å². The van der Waals surface area contributed by atoms with E-state index in [4.69, 9.17) is 9.84 Å². The normalized spacial score (nSPS) is 9.29. The summed E-state index contributed by atoms with van der Waals surface area (Å²) in [5.41, 5.74) is 0. The molecule has 0 radical (unpaired) electrons. The molecular formula is C14H16O3. The number of benzene rings is 2. The number of aliphatic carboxylic acids is 1. The second kappa shape index (κ2) is 6.53. The molecule has 0 fully saturated rings. The highest BCUT2D eigenvalue weighted by molar-refractivity contribution is 5.83. The average molecular weight is 232 g/mol. The molecule has 0 amide bonds. The molecule has 1 N–H and O–H groups in total. The lowest BCUT2D eigenvalue weighted by atomic mass is 10.1. The molecular weight excluding hydrogens is 216 g/mol. The quantitative estimate of drug-likeness (QED) is 0.882. The third-order valence-corrected chi connectivity index (χ3v) is 2.08. The summed E-state index contributed by atoms with van der Waals surface area (Å²) in [6.45, 7) is 3.69. The van der Waals surface area contributed by atoms with Crippen molar-refractivity contribution in [3.05, 3.63) is 42.5 Å². The van der Waals surface area contributed by atoms with Crippen LogP contribution in [0.3, 0.4) is 0 Å². The van der Waals surface area contributed by atoms with Crippen LogP contribution in [-0.2, 0) is 4.79 Å². The van der Waals surface area contributed by atoms with Crippen LogP contribution in [0.25, 0.3) is 10.8 Å². The second-order valence-electron chi connectivity index (χ2n) is 3.19. The Bertz CT molecular complexity index is 492. The predicted molar refractivity (Wildman–Crippen MR) is 68.4 cm³/mol. The molecule has 17 heavy (non-hydrogen) atoms. The van der Waals surface area contributed by atoms with E-state index in [0.717, 1.165) is 10.8 Å². The Hall–Kier alpha value is -2.03. The summed E-state index contributed by atoms with van der Waals surface area (Å²) in [5, 5.41) is 10.6. The Morgan fingerprint density at radius 1 is 1.12 bits per heavy atom. The Morgan fingerprint density at radius 2 is 1.76 bits per heavy atom. The topological polar surface area (TPSA) is 46.5 Å². The summed E-state index contributed by atoms with van der Waals surface area (Å²) in [7, 11) is 0. The van der Waals surface area contributed by atoms with Crippen molar-refractivity contribution in [2.45, 2.75) is 13.8 Å². The Kier molecular flexibility index (Phi) is 5.01. The van der Waals surface area contributed by atoms with Crippen molar-refractivity contribution in [2.75, 3.05) is 6.61 Å². The summed E-state index contributed by atoms with van der Waals surface area (Å²) in [5.74, 6) is -0.390. The molecule has 0 aliphatic carbocycles. The van der Waals surface area contributed by atoms with Gasteiger partial charge in [0.25, 0.3) is 0 Å². The van der Waals surface area contributed by atoms with Gasteiger partial charge in [-0.05, 0) is 22.9 Å². The predicted octanol–water partition coefficient (Wildman–Crippen LogP) is 3.33. The number of carboxylic acid groups (broad SMARTS) is 1. The Balaban J connectivity index is 0.000000686. The molecule has 0 aliphatic heterocycles. The standard InChI is InChI=1S/C12H10O3.C2H6/c13-12(14)8-15-11-6-5-9-3-1-2-4-10(9)7-11;1-2/h1-7H,8H2,(H,13,14);1-2H3. The fraction of sp³-hybridized carbons (Fsp3) is 0.214. The third kappa shape index (κ3) is 3.79. The number of hydrogen-bond donors (Lipinski definition) is 1. The molecule has 0 saturated heterocycles. The lowest BCUT2D eigenvalue weighted by molar-refractivity contribution is -0.139. The summed E-state index contributed by atoms with van der Waals surface area (Å²) in [6, 6.07) is 13.4. The van der Waals surface area contributed by atoms with Crippen molar-refractivity contribution in [1.29, 1.82) is 0 Å². The molecule has 2 aromatic carbocycles. The molecule has 3 nitrogen and oxygen atoms in total. The maximum Gasteiger partial charge on any atom is 0.341 e. The van der Waals surface area contributed by atoms with E-state index in [9.17, 15) is 4.79 Å². The van der Waals surface area contributed by atoms with Gasteiger partial charge in [-0.1, -0.05) is 44.2 Å². The smallest absolute Gasteiger partial charge is 0.341 e. The molecule has 0 aliphatic rings. The van der Waals surface area contributed by atoms with E-state index in [1.54, 1.807) is 6.07 Å². The van der Waals surface area contributed by atoms with Gasteiger partial charge in [0.15, 0.2) is 6.61 Å². The summed E-state index contributed by atoms with van der Waals surface area (Å²) < 4.78 is 5.08. The van der Waals surface area contributed by atoms with Crippen LogP contribution in [0.2, 0.25) is 0 Å². The van der Waals surface area contributed by atoms with Gasteiger partial charge in [-0.25, -0.2) is 4.79 Å². The summed E-state index contributed by atoms with van der Waals surface area (Å²) in [6.07, 6.45) is 0. The van der Waals surface area contributed by atoms with E-state index in [-0.39, 0.29) is 6.61 Å². The van der Waals surface area contributed by atoms with Gasteiger partial charge in [0.05, 0.1) is 0 Å². The molecule has 0 heterocycles. The minimum atomic E-state index is -0.969. The van der Waals surface area contributed by atoms with E-state index in [0.29, 0.717) is 5.75 Å². The van der Waals surface area contributed by atoms with E-state index >= 15 is 0 Å². The fourth-order valence-electron chi connectivity index (χ4n) is 1.40. The van der Waals surface area contributed by atoms with Crippen LogP contribution in [0.1, 0.15) is 13.8 Å². The number of ether oxygens (including phenoxy) is 1. The average Bonchev–Trinajstić information content (AvgIpc) is 2.38. The lowest BCUT2D eigenvalue weighted by Crippen LogP contribution is -2.09. The molecule has 0 atom stereocenters. The largest absolute Gasteiger partial charge is 0.482 e. The SMILES string of the molecule is CC.O=C(O)COc1ccc2ccccc2c1. The van der Waals surface area contributed by atoms with Crippen molar-refractivity contribution >= 4 is 16.7 Å². The number of carbonyl (C=O) groups is 1. The monoisotopic (exact) mass is 232 g/mol. The summed E-state index contributed by atoms with van der Waals surface area (Å²) >= 11 is 0. The second-order valence-corrected chi connectivity index (χ2v) is 3.19. The van der Waals surface area contributed by atoms with Gasteiger partial charge in [0.1, 0.15) is 5.75 Å². The number of fused-ring (bicyclic) bond motifs is 1. The lowest BCUT2D eigenvalue weighted by Gasteiger charge is -2.04. The van der Waals surface area contributed by atoms with Crippen LogP contribution in [0, 0.1) is 0 Å². The Morgan fingerprint density at radius 3 is 2.41 bits per heavy atom. The molecule has 2 aromatic rings. The van der Waals surface area contributed by atoms with Crippen LogP contribution >= 0.6 is 0 Å². The molecule has 3 heteroatoms. The maximum absolute atomic E-state index is 10.3. The first-order chi connectivity index (χ1) is 8.25. The van der Waals surface area contributed by atoms with Crippen LogP contribution in [0.15, 0.2) is 42.5 Å². The molecule has 2 rings (SSSR count). The fourth-order valence-corrected chi connectivity index (χ4v) is 1.40. The van der Waals surface area contributed by atoms with Crippen molar-refractivity contribution in [1.82, 2.24) is 0 Å². The van der Waals surface area contributed by atoms with E-state index in [1.165, 1.54) is 0 Å². The number of hydrogen-bond acceptors (Lipinski definition) is 2. The summed E-state index contributed by atoms with van der Waals surface area (Å²) in [4.78, 5) is 10.3. The molecule has 0 saturated carbocycles. The first-order valence-corrected chi connectivity index (χ1v) is 5.59. The van der Waals surface area contributed by atoms with Crippen LogP contribution in [-0.4, -0.2) is 17.7 Å². The zero-order chi connectivity index (χ0) is 12.7. The van der Waals surface area contributed by atoms with Gasteiger partial charge in [-0.3, -0.25) is 0 Å². The zero-order valence-electron chi connectivity index (χ0n) is 10.0. The molecule has 0 bridgehead atoms. The third-order valence-electron chi connectivity index (χ3n) is 2.08. The van der Waals surface area contributed by atoms with Crippen molar-refractivity contribution in [3.63, 3.8) is 0 Å². The maximum atomic E-state index is 10.3. The highest BCUT2D eigenvalue weighted by Gasteiger charge is 1.99. The Labute approximate surface area is 101 Å². The highest BCUT2D eigenvalue weighted by atomic mass is 16.5. The molecule has 90 valence electrons. The first-order valence-electron chi connectivity index (χ1n) is 5.59. The number of carboxylic acids is 1. The minimum absolute atomic E-state index is 0.307. The minimum Gasteiger partial charge on any atom is -0.482 e. The number of rotatable bonds is 3. The van der Waals surface area contributed by atoms with E-state index in [2.05, 4.69) is 0 Å². The first kappa shape index (κ1) is 13.0. The van der Waals surface area contributed by atoms with E-state index < -0.39 is 5.97 Å². The van der Waals surface area contributed by atoms with Crippen molar-refractivity contribution in [2.24, 2.45) is 0 Å². The van der Waals surface area contributed by atoms with Crippen LogP contribution in [0.4, 0.5) is 0 Å². The molecule has 0 aromatic heterocycles. The molecule has 0 unspecified atom stereocenters. The van der Waals surface area contributed by atoms with E-state index in [1.807, 2.05) is 50.2 Å². The van der Waals surface area contributed by atoms with Gasteiger partial charge >= 0.3 is 5.97 Å². The van der Waals surface area contributed by atoms with Crippen molar-refractivity contribution < 1.29 is 14.6 Å². The molecule has 0 spiro atoms. The van der Waals surface area contributed by atoms with Crippen molar-refractivity contribution in [3.8, 4) is 5.75 Å². The highest BCUT2D eigenvalue weighted by Crippen LogP contribution is 2.20. The van der Waals surface area contributed by atoms with Gasteiger partial charge in [0, 0.05) is 0 Å². The van der Waals surface area contributed by atoms with Gasteiger partial charge in [-0.15, -0.1) is 0 Å². The van der Waals surface area contributed by atoms with Crippen LogP contribution < -0.4 is 4.74 Å².